The van der Waals surface area contributed by atoms with Crippen LogP contribution in [-0.4, -0.2) is 35.1 Å². The molecule has 7 heteroatoms. The van der Waals surface area contributed by atoms with Gasteiger partial charge in [-0.3, -0.25) is 19.3 Å². The van der Waals surface area contributed by atoms with E-state index < -0.39 is 16.9 Å². The Hall–Kier alpha value is -3.48. The van der Waals surface area contributed by atoms with Gasteiger partial charge in [-0.05, 0) is 61.2 Å². The van der Waals surface area contributed by atoms with Crippen LogP contribution >= 0.6 is 11.6 Å². The second-order valence-corrected chi connectivity index (χ2v) is 10.8. The molecule has 0 aromatic heterocycles. The molecule has 4 unspecified atom stereocenters. The van der Waals surface area contributed by atoms with Crippen LogP contribution in [0.2, 0.25) is 5.02 Å². The van der Waals surface area contributed by atoms with Gasteiger partial charge in [0.2, 0.25) is 5.91 Å². The molecule has 186 valence electrons. The van der Waals surface area contributed by atoms with Gasteiger partial charge in [-0.25, -0.2) is 0 Å². The minimum atomic E-state index is -1.45. The zero-order valence-corrected chi connectivity index (χ0v) is 21.1. The second-order valence-electron chi connectivity index (χ2n) is 10.4. The Kier molecular flexibility index (Phi) is 4.76. The predicted octanol–water partition coefficient (Wildman–Crippen LogP) is 4.92. The lowest BCUT2D eigenvalue weighted by Gasteiger charge is -2.43. The molecule has 2 fully saturated rings. The Morgan fingerprint density at radius 2 is 1.70 bits per heavy atom. The smallest absolute Gasteiger partial charge is 0.251 e. The Morgan fingerprint density at radius 3 is 2.51 bits per heavy atom. The second kappa shape index (κ2) is 7.76. The summed E-state index contributed by atoms with van der Waals surface area (Å²) >= 11 is 6.56. The van der Waals surface area contributed by atoms with Crippen molar-refractivity contribution in [3.05, 3.63) is 94.0 Å². The molecule has 0 bridgehead atoms. The van der Waals surface area contributed by atoms with Crippen LogP contribution < -0.4 is 10.6 Å². The van der Waals surface area contributed by atoms with E-state index in [1.165, 1.54) is 0 Å². The van der Waals surface area contributed by atoms with E-state index in [0.29, 0.717) is 34.1 Å². The standard InChI is InChI=1S/C30H26ClN3O3/c1-2-17-13-14-23-20(16-17)30(28(37)33-23)29(19-9-4-6-11-22(19)32-27(29)36)25(24-12-7-15-34(24)30)26(35)18-8-3-5-10-21(18)31/h3-6,8-11,13-14,16,24-25H,2,7,12,15H2,1H3,(H,32,36)(H,33,37). The molecule has 7 rings (SSSR count). The molecule has 0 saturated carbocycles. The number of hydrogen-bond donors (Lipinski definition) is 2. The number of aryl methyl sites for hydroxylation is 1. The summed E-state index contributed by atoms with van der Waals surface area (Å²) in [4.78, 5) is 45.6. The highest BCUT2D eigenvalue weighted by Gasteiger charge is 2.81. The lowest BCUT2D eigenvalue weighted by Crippen LogP contribution is -2.62. The highest BCUT2D eigenvalue weighted by Crippen LogP contribution is 2.68. The van der Waals surface area contributed by atoms with Crippen LogP contribution in [0.25, 0.3) is 0 Å². The van der Waals surface area contributed by atoms with Crippen molar-refractivity contribution >= 4 is 40.6 Å². The Labute approximate surface area is 220 Å². The SMILES string of the molecule is CCc1ccc2c(c1)C1(C(=O)N2)N2CCCC2C(C(=O)c2ccccc2Cl)C12C(=O)Nc1ccccc12. The molecule has 4 aliphatic heterocycles. The molecule has 0 radical (unpaired) electrons. The molecule has 4 heterocycles. The topological polar surface area (TPSA) is 78.5 Å². The molecule has 4 atom stereocenters. The number of para-hydroxylation sites is 1. The average molecular weight is 512 g/mol. The molecular weight excluding hydrogens is 486 g/mol. The van der Waals surface area contributed by atoms with E-state index >= 15 is 0 Å². The van der Waals surface area contributed by atoms with Crippen LogP contribution in [0, 0.1) is 5.92 Å². The maximum absolute atomic E-state index is 14.6. The largest absolute Gasteiger partial charge is 0.325 e. The highest BCUT2D eigenvalue weighted by molar-refractivity contribution is 6.34. The molecule has 0 aliphatic carbocycles. The summed E-state index contributed by atoms with van der Waals surface area (Å²) < 4.78 is 0. The number of amides is 2. The van der Waals surface area contributed by atoms with Crippen molar-refractivity contribution in [1.82, 2.24) is 4.90 Å². The number of carbonyl (C=O) groups excluding carboxylic acids is 3. The average Bonchev–Trinajstić information content (AvgIpc) is 3.62. The van der Waals surface area contributed by atoms with E-state index in [1.807, 2.05) is 36.4 Å². The van der Waals surface area contributed by atoms with Crippen LogP contribution in [-0.2, 0) is 27.0 Å². The van der Waals surface area contributed by atoms with Crippen molar-refractivity contribution < 1.29 is 14.4 Å². The van der Waals surface area contributed by atoms with Crippen molar-refractivity contribution in [3.63, 3.8) is 0 Å². The monoisotopic (exact) mass is 511 g/mol. The van der Waals surface area contributed by atoms with Crippen LogP contribution in [0.5, 0.6) is 0 Å². The summed E-state index contributed by atoms with van der Waals surface area (Å²) in [6.45, 7) is 2.69. The summed E-state index contributed by atoms with van der Waals surface area (Å²) in [5.74, 6) is -1.54. The first-order valence-electron chi connectivity index (χ1n) is 12.9. The molecule has 2 amide bonds. The number of benzene rings is 3. The fourth-order valence-electron chi connectivity index (χ4n) is 7.67. The zero-order valence-electron chi connectivity index (χ0n) is 20.4. The fourth-order valence-corrected chi connectivity index (χ4v) is 7.90. The van der Waals surface area contributed by atoms with Crippen molar-refractivity contribution in [2.45, 2.75) is 43.2 Å². The molecule has 2 spiro atoms. The number of carbonyl (C=O) groups is 3. The van der Waals surface area contributed by atoms with Gasteiger partial charge in [-0.15, -0.1) is 0 Å². The Morgan fingerprint density at radius 1 is 0.973 bits per heavy atom. The third-order valence-corrected chi connectivity index (χ3v) is 9.32. The molecule has 6 nitrogen and oxygen atoms in total. The van der Waals surface area contributed by atoms with Gasteiger partial charge in [0.25, 0.3) is 5.91 Å². The summed E-state index contributed by atoms with van der Waals surface area (Å²) in [6.07, 6.45) is 2.35. The summed E-state index contributed by atoms with van der Waals surface area (Å²) in [6, 6.07) is 20.2. The summed E-state index contributed by atoms with van der Waals surface area (Å²) in [5.41, 5.74) is 1.49. The van der Waals surface area contributed by atoms with E-state index in [-0.39, 0.29) is 23.6 Å². The molecule has 2 saturated heterocycles. The van der Waals surface area contributed by atoms with E-state index in [9.17, 15) is 14.4 Å². The van der Waals surface area contributed by atoms with Crippen molar-refractivity contribution in [2.75, 3.05) is 17.2 Å². The number of Topliss-reactive ketones (excluding diaryl/α,β-unsaturated/α-hetero) is 1. The predicted molar refractivity (Wildman–Crippen MR) is 142 cm³/mol. The van der Waals surface area contributed by atoms with E-state index in [1.54, 1.807) is 24.3 Å². The molecular formula is C30H26ClN3O3. The first kappa shape index (κ1) is 22.7. The lowest BCUT2D eigenvalue weighted by atomic mass is 9.57. The van der Waals surface area contributed by atoms with E-state index in [0.717, 1.165) is 30.4 Å². The summed E-state index contributed by atoms with van der Waals surface area (Å²) in [7, 11) is 0. The van der Waals surface area contributed by atoms with E-state index in [4.69, 9.17) is 11.6 Å². The lowest BCUT2D eigenvalue weighted by molar-refractivity contribution is -0.137. The molecule has 3 aromatic rings. The van der Waals surface area contributed by atoms with Gasteiger partial charge < -0.3 is 10.6 Å². The van der Waals surface area contributed by atoms with Gasteiger partial charge in [0, 0.05) is 28.5 Å². The molecule has 4 aliphatic rings. The Bertz CT molecular complexity index is 1520. The minimum Gasteiger partial charge on any atom is -0.325 e. The molecule has 3 aromatic carbocycles. The number of nitrogens with one attached hydrogen (secondary N) is 2. The third kappa shape index (κ3) is 2.57. The first-order chi connectivity index (χ1) is 18.0. The molecule has 37 heavy (non-hydrogen) atoms. The minimum absolute atomic E-state index is 0.195. The zero-order chi connectivity index (χ0) is 25.5. The summed E-state index contributed by atoms with van der Waals surface area (Å²) in [5, 5.41) is 6.53. The number of hydrogen-bond acceptors (Lipinski definition) is 4. The van der Waals surface area contributed by atoms with Gasteiger partial charge in [0.1, 0.15) is 11.0 Å². The van der Waals surface area contributed by atoms with Crippen molar-refractivity contribution in [1.29, 1.82) is 0 Å². The number of fused-ring (bicyclic) bond motifs is 7. The Balaban J connectivity index is 1.60. The molecule has 2 N–H and O–H groups in total. The van der Waals surface area contributed by atoms with Gasteiger partial charge in [-0.1, -0.05) is 61.0 Å². The quantitative estimate of drug-likeness (QED) is 0.489. The number of rotatable bonds is 3. The van der Waals surface area contributed by atoms with Crippen LogP contribution in [0.15, 0.2) is 66.7 Å². The fraction of sp³-hybridized carbons (Fsp3) is 0.300. The van der Waals surface area contributed by atoms with Crippen molar-refractivity contribution in [2.24, 2.45) is 5.92 Å². The van der Waals surface area contributed by atoms with Gasteiger partial charge in [0.05, 0.1) is 10.9 Å². The van der Waals surface area contributed by atoms with E-state index in [2.05, 4.69) is 28.5 Å². The number of nitrogens with zero attached hydrogens (tertiary/aromatic N) is 1. The van der Waals surface area contributed by atoms with Gasteiger partial charge in [-0.2, -0.15) is 0 Å². The highest BCUT2D eigenvalue weighted by atomic mass is 35.5. The van der Waals surface area contributed by atoms with Crippen LogP contribution in [0.3, 0.4) is 0 Å². The first-order valence-corrected chi connectivity index (χ1v) is 13.2. The maximum atomic E-state index is 14.6. The number of ketones is 1. The third-order valence-electron chi connectivity index (χ3n) is 8.99. The van der Waals surface area contributed by atoms with Gasteiger partial charge in [0.15, 0.2) is 5.78 Å². The number of halogens is 1. The number of anilines is 2. The van der Waals surface area contributed by atoms with Crippen LogP contribution in [0.4, 0.5) is 11.4 Å². The maximum Gasteiger partial charge on any atom is 0.251 e. The van der Waals surface area contributed by atoms with Crippen molar-refractivity contribution in [3.8, 4) is 0 Å². The van der Waals surface area contributed by atoms with Crippen LogP contribution in [0.1, 0.15) is 46.8 Å². The normalized spacial score (nSPS) is 29.4. The van der Waals surface area contributed by atoms with Gasteiger partial charge >= 0.3 is 0 Å².